The second-order valence-corrected chi connectivity index (χ2v) is 10.0. The van der Waals surface area contributed by atoms with Crippen LogP contribution in [-0.4, -0.2) is 123 Å². The molecule has 0 radical (unpaired) electrons. The topological polar surface area (TPSA) is 198 Å². The number of amides is 4. The Morgan fingerprint density at radius 2 is 1.02 bits per heavy atom. The van der Waals surface area contributed by atoms with Gasteiger partial charge in [-0.25, -0.2) is 9.59 Å². The largest absolute Gasteiger partial charge is 0.469 e. The summed E-state index contributed by atoms with van der Waals surface area (Å²) in [6, 6.07) is 6.92. The minimum absolute atomic E-state index is 0.00606. The highest BCUT2D eigenvalue weighted by Gasteiger charge is 2.34. The molecule has 1 aromatic carbocycles. The van der Waals surface area contributed by atoms with E-state index in [-0.39, 0.29) is 91.2 Å². The molecule has 0 aliphatic carbocycles. The van der Waals surface area contributed by atoms with Gasteiger partial charge >= 0.3 is 30.0 Å². The van der Waals surface area contributed by atoms with E-state index >= 15 is 0 Å². The Hall–Kier alpha value is -3.99. The number of benzene rings is 1. The molecule has 0 aromatic heterocycles. The van der Waals surface area contributed by atoms with Gasteiger partial charge in [0.25, 0.3) is 0 Å². The van der Waals surface area contributed by atoms with Crippen LogP contribution in [0.4, 0.5) is 9.59 Å². The molecule has 0 spiro atoms. The highest BCUT2D eigenvalue weighted by atomic mass is 16.5. The molecule has 0 fully saturated rings. The summed E-state index contributed by atoms with van der Waals surface area (Å²) < 4.78 is 36.3. The maximum Gasteiger partial charge on any atom is 0.315 e. The third kappa shape index (κ3) is 19.4. The van der Waals surface area contributed by atoms with Crippen LogP contribution in [0.25, 0.3) is 0 Å². The van der Waals surface area contributed by atoms with Gasteiger partial charge in [-0.05, 0) is 12.5 Å². The number of nitrogens with one attached hydrogen (secondary N) is 4. The van der Waals surface area contributed by atoms with E-state index in [0.29, 0.717) is 6.54 Å². The van der Waals surface area contributed by atoms with Crippen molar-refractivity contribution in [3.8, 4) is 0 Å². The number of carbonyl (C=O) groups excluding carboxylic acids is 5. The smallest absolute Gasteiger partial charge is 0.315 e. The summed E-state index contributed by atoms with van der Waals surface area (Å²) in [6.07, 6.45) is -0.0661. The van der Waals surface area contributed by atoms with Gasteiger partial charge < -0.3 is 54.4 Å². The number of hydrogen-bond donors (Lipinski definition) is 4. The molecular weight excluding hydrogens is 608 g/mol. The van der Waals surface area contributed by atoms with E-state index in [1.54, 1.807) is 0 Å². The number of carbonyl (C=O) groups is 5. The molecule has 0 bridgehead atoms. The van der Waals surface area contributed by atoms with E-state index in [4.69, 9.17) is 18.9 Å². The van der Waals surface area contributed by atoms with Crippen LogP contribution in [0.2, 0.25) is 0 Å². The van der Waals surface area contributed by atoms with E-state index in [2.05, 4.69) is 35.5 Å². The maximum atomic E-state index is 12.9. The third-order valence-corrected chi connectivity index (χ3v) is 6.19. The summed E-state index contributed by atoms with van der Waals surface area (Å²) in [4.78, 5) is 59.4. The van der Waals surface area contributed by atoms with Crippen LogP contribution in [0.15, 0.2) is 24.3 Å². The van der Waals surface area contributed by atoms with Crippen molar-refractivity contribution in [1.29, 1.82) is 0 Å². The zero-order valence-electron chi connectivity index (χ0n) is 27.1. The molecule has 0 unspecified atom stereocenters. The summed E-state index contributed by atoms with van der Waals surface area (Å²) in [6.45, 7) is 2.75. The number of rotatable bonds is 24. The second kappa shape index (κ2) is 24.3. The second-order valence-electron chi connectivity index (χ2n) is 10.0. The molecule has 4 amide bonds. The Balaban J connectivity index is 2.59. The highest BCUT2D eigenvalue weighted by molar-refractivity contribution is 5.75. The van der Waals surface area contributed by atoms with Crippen molar-refractivity contribution in [2.75, 3.05) is 87.3 Å². The van der Waals surface area contributed by atoms with Crippen LogP contribution in [0.5, 0.6) is 0 Å². The monoisotopic (exact) mass is 656 g/mol. The Morgan fingerprint density at radius 3 is 1.46 bits per heavy atom. The molecule has 260 valence electrons. The first-order valence-corrected chi connectivity index (χ1v) is 14.8. The lowest BCUT2D eigenvalue weighted by atomic mass is 10.0. The average Bonchev–Trinajstić information content (AvgIpc) is 3.05. The lowest BCUT2D eigenvalue weighted by Crippen LogP contribution is -2.61. The van der Waals surface area contributed by atoms with Crippen molar-refractivity contribution in [2.45, 2.75) is 38.3 Å². The van der Waals surface area contributed by atoms with Crippen molar-refractivity contribution < 1.29 is 57.1 Å². The molecule has 1 aromatic rings. The van der Waals surface area contributed by atoms with Gasteiger partial charge in [0.1, 0.15) is 5.54 Å². The molecule has 0 aliphatic rings. The normalized spacial score (nSPS) is 10.9. The first kappa shape index (κ1) is 40.0. The fourth-order valence-corrected chi connectivity index (χ4v) is 3.62. The van der Waals surface area contributed by atoms with Gasteiger partial charge in [0.05, 0.1) is 93.4 Å². The zero-order chi connectivity index (χ0) is 34.0. The van der Waals surface area contributed by atoms with E-state index in [1.165, 1.54) is 21.3 Å². The van der Waals surface area contributed by atoms with Crippen LogP contribution in [-0.2, 0) is 54.1 Å². The molecule has 1 rings (SSSR count). The number of urea groups is 2. The van der Waals surface area contributed by atoms with Crippen molar-refractivity contribution in [3.63, 3.8) is 0 Å². The molecule has 0 saturated heterocycles. The minimum Gasteiger partial charge on any atom is -0.469 e. The van der Waals surface area contributed by atoms with Crippen molar-refractivity contribution >= 4 is 30.0 Å². The van der Waals surface area contributed by atoms with Crippen LogP contribution >= 0.6 is 0 Å². The predicted octanol–water partition coefficient (Wildman–Crippen LogP) is 0.588. The number of aryl methyl sites for hydroxylation is 1. The Bertz CT molecular complexity index is 995. The van der Waals surface area contributed by atoms with E-state index in [9.17, 15) is 24.0 Å². The fourth-order valence-electron chi connectivity index (χ4n) is 3.62. The van der Waals surface area contributed by atoms with Crippen molar-refractivity contribution in [3.05, 3.63) is 35.4 Å². The van der Waals surface area contributed by atoms with E-state index in [0.717, 1.165) is 11.1 Å². The quantitative estimate of drug-likeness (QED) is 0.0687. The Morgan fingerprint density at radius 1 is 0.587 bits per heavy atom. The molecule has 16 nitrogen and oxygen atoms in total. The lowest BCUT2D eigenvalue weighted by Gasteiger charge is -2.34. The summed E-state index contributed by atoms with van der Waals surface area (Å²) >= 11 is 0. The SMILES string of the molecule is COC(=O)CCOCC(COCCC(=O)OC)(COCCC(=O)OC)NC(=O)NCCOCCNC(=O)NCc1ccc(C)cc1. The molecule has 16 heteroatoms. The number of methoxy groups -OCH3 is 3. The van der Waals surface area contributed by atoms with Gasteiger partial charge in [-0.15, -0.1) is 0 Å². The summed E-state index contributed by atoms with van der Waals surface area (Å²) in [5, 5.41) is 10.9. The first-order chi connectivity index (χ1) is 22.1. The molecule has 0 aliphatic heterocycles. The fraction of sp³-hybridized carbons (Fsp3) is 0.633. The average molecular weight is 657 g/mol. The molecule has 0 atom stereocenters. The molecular formula is C30H48N4O12. The summed E-state index contributed by atoms with van der Waals surface area (Å²) in [5.41, 5.74) is 0.850. The molecule has 46 heavy (non-hydrogen) atoms. The van der Waals surface area contributed by atoms with Crippen LogP contribution in [0.1, 0.15) is 30.4 Å². The maximum absolute atomic E-state index is 12.9. The van der Waals surface area contributed by atoms with Crippen molar-refractivity contribution in [2.24, 2.45) is 0 Å². The van der Waals surface area contributed by atoms with Gasteiger partial charge in [0, 0.05) is 19.6 Å². The standard InChI is InChI=1S/C30H48N4O12/c1-23-5-7-24(8-6-23)19-33-28(38)31-12-17-43-18-13-32-29(39)34-30(20-44-14-9-25(35)40-2,21-45-15-10-26(36)41-3)22-46-16-11-27(37)42-4/h5-8H,9-22H2,1-4H3,(H2,31,33,38)(H2,32,34,39). The minimum atomic E-state index is -1.27. The van der Waals surface area contributed by atoms with Gasteiger partial charge in [0.15, 0.2) is 0 Å². The first-order valence-electron chi connectivity index (χ1n) is 14.8. The highest BCUT2D eigenvalue weighted by Crippen LogP contribution is 2.11. The van der Waals surface area contributed by atoms with Crippen molar-refractivity contribution in [1.82, 2.24) is 21.3 Å². The predicted molar refractivity (Wildman–Crippen MR) is 164 cm³/mol. The molecule has 4 N–H and O–H groups in total. The number of ether oxygens (including phenoxy) is 7. The van der Waals surface area contributed by atoms with Crippen LogP contribution < -0.4 is 21.3 Å². The van der Waals surface area contributed by atoms with Gasteiger partial charge in [-0.3, -0.25) is 14.4 Å². The summed E-state index contributed by atoms with van der Waals surface area (Å²) in [7, 11) is 3.77. The molecule has 0 saturated carbocycles. The molecule has 0 heterocycles. The van der Waals surface area contributed by atoms with Crippen LogP contribution in [0, 0.1) is 6.92 Å². The summed E-state index contributed by atoms with van der Waals surface area (Å²) in [5.74, 6) is -1.42. The van der Waals surface area contributed by atoms with E-state index < -0.39 is 29.5 Å². The lowest BCUT2D eigenvalue weighted by molar-refractivity contribution is -0.142. The van der Waals surface area contributed by atoms with E-state index in [1.807, 2.05) is 31.2 Å². The Kier molecular flexibility index (Phi) is 21.1. The third-order valence-electron chi connectivity index (χ3n) is 6.19. The number of hydrogen-bond acceptors (Lipinski definition) is 12. The van der Waals surface area contributed by atoms with Crippen LogP contribution in [0.3, 0.4) is 0 Å². The van der Waals surface area contributed by atoms with Gasteiger partial charge in [0.2, 0.25) is 0 Å². The Labute approximate surface area is 269 Å². The number of esters is 3. The van der Waals surface area contributed by atoms with Gasteiger partial charge in [-0.2, -0.15) is 0 Å². The van der Waals surface area contributed by atoms with Gasteiger partial charge in [-0.1, -0.05) is 29.8 Å². The zero-order valence-corrected chi connectivity index (χ0v) is 27.1.